The first-order valence-electron chi connectivity index (χ1n) is 10.9. The average molecular weight is 395 g/mol. The Labute approximate surface area is 177 Å². The van der Waals surface area contributed by atoms with Crippen molar-refractivity contribution in [3.8, 4) is 5.75 Å². The summed E-state index contributed by atoms with van der Waals surface area (Å²) in [5.41, 5.74) is 4.70. The van der Waals surface area contributed by atoms with Gasteiger partial charge in [-0.3, -0.25) is 0 Å². The van der Waals surface area contributed by atoms with Gasteiger partial charge in [-0.25, -0.2) is 0 Å². The second-order valence-corrected chi connectivity index (χ2v) is 11.2. The van der Waals surface area contributed by atoms with Crippen LogP contribution in [-0.2, 0) is 0 Å². The van der Waals surface area contributed by atoms with Gasteiger partial charge in [0.2, 0.25) is 0 Å². The summed E-state index contributed by atoms with van der Waals surface area (Å²) in [5.74, 6) is 0.835. The minimum Gasteiger partial charge on any atom is -0.508 e. The standard InChI is InChI=1S/C27H38O2/c1-25(2,3)23-16-21(17-27(7,24(23)29)26(4,5)6)20-10-8-18(9-11-20)19-12-14-22(28)15-13-19/h10,12-18,24,28-29H,8-9,11H2,1-7H3. The molecule has 1 aromatic rings. The number of hydrogen-bond donors (Lipinski definition) is 2. The molecule has 0 bridgehead atoms. The van der Waals surface area contributed by atoms with E-state index in [0.29, 0.717) is 11.7 Å². The van der Waals surface area contributed by atoms with Gasteiger partial charge in [0.25, 0.3) is 0 Å². The number of phenolic OH excluding ortho intramolecular Hbond substituents is 1. The van der Waals surface area contributed by atoms with E-state index in [4.69, 9.17) is 0 Å². The van der Waals surface area contributed by atoms with Gasteiger partial charge in [-0.2, -0.15) is 0 Å². The molecule has 2 heteroatoms. The van der Waals surface area contributed by atoms with Gasteiger partial charge in [-0.05, 0) is 70.4 Å². The van der Waals surface area contributed by atoms with Crippen molar-refractivity contribution < 1.29 is 10.2 Å². The topological polar surface area (TPSA) is 40.5 Å². The summed E-state index contributed by atoms with van der Waals surface area (Å²) in [6.45, 7) is 15.5. The van der Waals surface area contributed by atoms with Gasteiger partial charge in [0.05, 0.1) is 6.10 Å². The van der Waals surface area contributed by atoms with E-state index in [0.717, 1.165) is 24.8 Å². The summed E-state index contributed by atoms with van der Waals surface area (Å²) >= 11 is 0. The lowest BCUT2D eigenvalue weighted by Gasteiger charge is -2.49. The van der Waals surface area contributed by atoms with E-state index in [2.05, 4.69) is 66.7 Å². The Kier molecular flexibility index (Phi) is 5.64. The highest BCUT2D eigenvalue weighted by atomic mass is 16.3. The maximum Gasteiger partial charge on any atom is 0.115 e. The lowest BCUT2D eigenvalue weighted by Crippen LogP contribution is -2.46. The maximum atomic E-state index is 11.3. The molecule has 0 amide bonds. The number of benzene rings is 1. The third-order valence-corrected chi connectivity index (χ3v) is 7.26. The van der Waals surface area contributed by atoms with E-state index >= 15 is 0 Å². The van der Waals surface area contributed by atoms with Crippen LogP contribution in [0.4, 0.5) is 0 Å². The zero-order valence-electron chi connectivity index (χ0n) is 19.2. The molecule has 0 aromatic heterocycles. The van der Waals surface area contributed by atoms with Crippen molar-refractivity contribution >= 4 is 0 Å². The molecule has 3 atom stereocenters. The number of aliphatic hydroxyl groups excluding tert-OH is 1. The minimum absolute atomic E-state index is 0.0494. The van der Waals surface area contributed by atoms with Crippen molar-refractivity contribution in [1.82, 2.24) is 0 Å². The molecule has 0 heterocycles. The number of allylic oxidation sites excluding steroid dienone is 4. The zero-order valence-corrected chi connectivity index (χ0v) is 19.2. The molecule has 2 N–H and O–H groups in total. The van der Waals surface area contributed by atoms with Crippen molar-refractivity contribution in [2.45, 2.75) is 79.8 Å². The lowest BCUT2D eigenvalue weighted by atomic mass is 9.57. The summed E-state index contributed by atoms with van der Waals surface area (Å²) in [6, 6.07) is 7.66. The van der Waals surface area contributed by atoms with E-state index in [1.807, 2.05) is 12.1 Å². The molecule has 2 aliphatic carbocycles. The number of hydrogen-bond acceptors (Lipinski definition) is 2. The normalized spacial score (nSPS) is 28.5. The van der Waals surface area contributed by atoms with Gasteiger partial charge in [-0.1, -0.05) is 78.8 Å². The molecule has 1 aromatic carbocycles. The summed E-state index contributed by atoms with van der Waals surface area (Å²) in [7, 11) is 0. The Morgan fingerprint density at radius 1 is 1.00 bits per heavy atom. The van der Waals surface area contributed by atoms with Gasteiger partial charge < -0.3 is 10.2 Å². The number of phenols is 1. The van der Waals surface area contributed by atoms with E-state index in [1.165, 1.54) is 16.7 Å². The van der Waals surface area contributed by atoms with Crippen molar-refractivity contribution in [1.29, 1.82) is 0 Å². The Balaban J connectivity index is 1.94. The van der Waals surface area contributed by atoms with Crippen LogP contribution in [0, 0.1) is 16.2 Å². The molecule has 0 radical (unpaired) electrons. The second-order valence-electron chi connectivity index (χ2n) is 11.2. The smallest absolute Gasteiger partial charge is 0.115 e. The van der Waals surface area contributed by atoms with Crippen molar-refractivity contribution in [3.05, 3.63) is 64.8 Å². The average Bonchev–Trinajstić information content (AvgIpc) is 2.63. The fraction of sp³-hybridized carbons (Fsp3) is 0.556. The number of aromatic hydroxyl groups is 1. The van der Waals surface area contributed by atoms with E-state index in [1.54, 1.807) is 12.1 Å². The molecule has 0 fully saturated rings. The Bertz CT molecular complexity index is 840. The summed E-state index contributed by atoms with van der Waals surface area (Å²) < 4.78 is 0. The summed E-state index contributed by atoms with van der Waals surface area (Å²) in [5, 5.41) is 20.9. The van der Waals surface area contributed by atoms with Crippen LogP contribution in [0.25, 0.3) is 0 Å². The van der Waals surface area contributed by atoms with Crippen molar-refractivity contribution in [2.75, 3.05) is 0 Å². The van der Waals surface area contributed by atoms with Crippen LogP contribution >= 0.6 is 0 Å². The van der Waals surface area contributed by atoms with Crippen LogP contribution in [0.15, 0.2) is 59.2 Å². The lowest BCUT2D eigenvalue weighted by molar-refractivity contribution is 0.00667. The maximum absolute atomic E-state index is 11.3. The molecule has 2 nitrogen and oxygen atoms in total. The molecule has 158 valence electrons. The first-order chi connectivity index (χ1) is 13.3. The van der Waals surface area contributed by atoms with Crippen LogP contribution < -0.4 is 0 Å². The highest BCUT2D eigenvalue weighted by Crippen LogP contribution is 2.52. The number of rotatable bonds is 2. The fourth-order valence-electron chi connectivity index (χ4n) is 4.60. The van der Waals surface area contributed by atoms with Crippen LogP contribution in [0.3, 0.4) is 0 Å². The monoisotopic (exact) mass is 394 g/mol. The molecule has 29 heavy (non-hydrogen) atoms. The highest BCUT2D eigenvalue weighted by Gasteiger charge is 2.47. The summed E-state index contributed by atoms with van der Waals surface area (Å²) in [6.07, 6.45) is 9.68. The van der Waals surface area contributed by atoms with Crippen molar-refractivity contribution in [2.24, 2.45) is 16.2 Å². The first-order valence-corrected chi connectivity index (χ1v) is 10.9. The van der Waals surface area contributed by atoms with Crippen molar-refractivity contribution in [3.63, 3.8) is 0 Å². The first kappa shape index (κ1) is 21.9. The third-order valence-electron chi connectivity index (χ3n) is 7.26. The van der Waals surface area contributed by atoms with E-state index < -0.39 is 6.10 Å². The van der Waals surface area contributed by atoms with Crippen LogP contribution in [0.2, 0.25) is 0 Å². The Hall–Kier alpha value is -1.80. The molecule has 0 saturated heterocycles. The SMILES string of the molecule is CC(C)(C)C1=CC(C2=CCC(c3ccc(O)cc3)CC2)=CC(C)(C(C)(C)C)C1O. The molecule has 0 spiro atoms. The van der Waals surface area contributed by atoms with Gasteiger partial charge in [0.1, 0.15) is 5.75 Å². The van der Waals surface area contributed by atoms with Gasteiger partial charge in [0.15, 0.2) is 0 Å². The Morgan fingerprint density at radius 3 is 2.10 bits per heavy atom. The molecular formula is C27H38O2. The minimum atomic E-state index is -0.472. The highest BCUT2D eigenvalue weighted by molar-refractivity contribution is 5.50. The largest absolute Gasteiger partial charge is 0.508 e. The van der Waals surface area contributed by atoms with Gasteiger partial charge >= 0.3 is 0 Å². The van der Waals surface area contributed by atoms with Crippen LogP contribution in [0.1, 0.15) is 79.2 Å². The predicted molar refractivity (Wildman–Crippen MR) is 122 cm³/mol. The zero-order chi connectivity index (χ0) is 21.6. The van der Waals surface area contributed by atoms with Gasteiger partial charge in [-0.15, -0.1) is 0 Å². The molecule has 0 aliphatic heterocycles. The Morgan fingerprint density at radius 2 is 1.62 bits per heavy atom. The molecule has 0 saturated carbocycles. The summed E-state index contributed by atoms with van der Waals surface area (Å²) in [4.78, 5) is 0. The van der Waals surface area contributed by atoms with Crippen LogP contribution in [-0.4, -0.2) is 16.3 Å². The fourth-order valence-corrected chi connectivity index (χ4v) is 4.60. The third kappa shape index (κ3) is 4.23. The van der Waals surface area contributed by atoms with E-state index in [9.17, 15) is 10.2 Å². The van der Waals surface area contributed by atoms with Gasteiger partial charge in [0, 0.05) is 5.41 Å². The number of aliphatic hydroxyl groups is 1. The van der Waals surface area contributed by atoms with E-state index in [-0.39, 0.29) is 16.2 Å². The molecule has 3 unspecified atom stereocenters. The predicted octanol–water partition coefficient (Wildman–Crippen LogP) is 6.91. The van der Waals surface area contributed by atoms with Crippen LogP contribution in [0.5, 0.6) is 5.75 Å². The quantitative estimate of drug-likeness (QED) is 0.572. The molecular weight excluding hydrogens is 356 g/mol. The molecule has 2 aliphatic rings. The molecule has 3 rings (SSSR count). The second kappa shape index (κ2) is 7.47.